The van der Waals surface area contributed by atoms with Crippen LogP contribution in [0.1, 0.15) is 35.2 Å². The number of aryl methyl sites for hydroxylation is 1. The van der Waals surface area contributed by atoms with Gasteiger partial charge in [-0.3, -0.25) is 0 Å². The molecule has 0 radical (unpaired) electrons. The second-order valence-corrected chi connectivity index (χ2v) is 8.07. The summed E-state index contributed by atoms with van der Waals surface area (Å²) in [6.07, 6.45) is 6.88. The maximum atomic E-state index is 5.39. The van der Waals surface area contributed by atoms with E-state index in [1.807, 2.05) is 30.3 Å². The van der Waals surface area contributed by atoms with Gasteiger partial charge in [0.25, 0.3) is 0 Å². The van der Waals surface area contributed by atoms with Crippen LogP contribution in [0.2, 0.25) is 0 Å². The minimum Gasteiger partial charge on any atom is -0.387 e. The first-order valence-electron chi connectivity index (χ1n) is 9.13. The lowest BCUT2D eigenvalue weighted by Crippen LogP contribution is -2.08. The maximum Gasteiger partial charge on any atom is 0.192 e. The molecule has 1 aliphatic rings. The number of aromatic nitrogens is 4. The van der Waals surface area contributed by atoms with E-state index in [1.165, 1.54) is 16.9 Å². The zero-order valence-electron chi connectivity index (χ0n) is 15.0. The minimum atomic E-state index is 0.232. The maximum absolute atomic E-state index is 5.39. The summed E-state index contributed by atoms with van der Waals surface area (Å²) >= 11 is 1.80. The normalized spacial score (nSPS) is 17.0. The molecule has 136 valence electrons. The molecule has 7 heteroatoms. The van der Waals surface area contributed by atoms with Crippen molar-refractivity contribution in [2.24, 2.45) is 11.1 Å². The van der Waals surface area contributed by atoms with Gasteiger partial charge in [0.1, 0.15) is 11.2 Å². The summed E-state index contributed by atoms with van der Waals surface area (Å²) in [6, 6.07) is 9.84. The lowest BCUT2D eigenvalue weighted by molar-refractivity contribution is 0.126. The monoisotopic (exact) mass is 377 g/mol. The van der Waals surface area contributed by atoms with Crippen molar-refractivity contribution < 1.29 is 4.84 Å². The molecule has 0 amide bonds. The molecule has 3 aromatic heterocycles. The number of nitrogens with zero attached hydrogens (tertiary/aromatic N) is 5. The van der Waals surface area contributed by atoms with E-state index >= 15 is 0 Å². The van der Waals surface area contributed by atoms with Crippen molar-refractivity contribution in [1.29, 1.82) is 0 Å². The molecule has 1 aromatic carbocycles. The second kappa shape index (κ2) is 6.74. The number of hydrogen-bond donors (Lipinski definition) is 0. The van der Waals surface area contributed by atoms with Gasteiger partial charge in [-0.1, -0.05) is 42.4 Å². The van der Waals surface area contributed by atoms with E-state index in [4.69, 9.17) is 9.82 Å². The molecule has 0 N–H and O–H groups in total. The average Bonchev–Trinajstić information content (AvgIpc) is 3.25. The highest BCUT2D eigenvalue weighted by atomic mass is 32.1. The third-order valence-electron chi connectivity index (χ3n) is 4.95. The van der Waals surface area contributed by atoms with Gasteiger partial charge in [-0.25, -0.2) is 14.5 Å². The number of rotatable bonds is 4. The lowest BCUT2D eigenvalue weighted by atomic mass is 9.89. The first-order valence-corrected chi connectivity index (χ1v) is 9.94. The summed E-state index contributed by atoms with van der Waals surface area (Å²) < 4.78 is 1.76. The van der Waals surface area contributed by atoms with Gasteiger partial charge >= 0.3 is 0 Å². The quantitative estimate of drug-likeness (QED) is 0.398. The predicted octanol–water partition coefficient (Wildman–Crippen LogP) is 4.01. The van der Waals surface area contributed by atoms with Crippen LogP contribution in [0, 0.1) is 5.92 Å². The summed E-state index contributed by atoms with van der Waals surface area (Å²) in [5.74, 6) is 1.35. The number of oxime groups is 1. The Morgan fingerprint density at radius 3 is 3.11 bits per heavy atom. The van der Waals surface area contributed by atoms with Gasteiger partial charge in [-0.2, -0.15) is 0 Å². The number of fused-ring (bicyclic) bond motifs is 5. The van der Waals surface area contributed by atoms with Gasteiger partial charge in [0, 0.05) is 4.88 Å². The molecule has 0 saturated heterocycles. The molecule has 0 unspecified atom stereocenters. The lowest BCUT2D eigenvalue weighted by Gasteiger charge is -2.17. The molecule has 6 nitrogen and oxygen atoms in total. The first-order chi connectivity index (χ1) is 13.3. The Morgan fingerprint density at radius 1 is 1.33 bits per heavy atom. The minimum absolute atomic E-state index is 0.232. The molecule has 0 saturated carbocycles. The van der Waals surface area contributed by atoms with Gasteiger partial charge in [-0.05, 0) is 36.3 Å². The molecule has 3 heterocycles. The van der Waals surface area contributed by atoms with E-state index < -0.39 is 0 Å². The SMILES string of the molecule is C[C@@H]1CCc2c(sc3ncn4nc(CO/N=C\c5ccccc5)nc4c23)C1. The van der Waals surface area contributed by atoms with Crippen LogP contribution in [0.3, 0.4) is 0 Å². The van der Waals surface area contributed by atoms with Crippen LogP contribution in [-0.4, -0.2) is 25.8 Å². The Labute approximate surface area is 160 Å². The van der Waals surface area contributed by atoms with E-state index in [0.29, 0.717) is 5.82 Å². The van der Waals surface area contributed by atoms with Crippen LogP contribution < -0.4 is 0 Å². The van der Waals surface area contributed by atoms with Crippen molar-refractivity contribution in [2.75, 3.05) is 0 Å². The van der Waals surface area contributed by atoms with Crippen LogP contribution in [0.4, 0.5) is 0 Å². The van der Waals surface area contributed by atoms with E-state index in [2.05, 4.69) is 22.2 Å². The largest absolute Gasteiger partial charge is 0.387 e. The standard InChI is InChI=1S/C20H19N5OS/c1-13-7-8-15-16(9-13)27-20-18(15)19-23-17(24-25(19)12-21-20)11-26-22-10-14-5-3-2-4-6-14/h2-6,10,12-13H,7-9,11H2,1H3/b22-10-/t13-/m1/s1. The molecule has 1 atom stereocenters. The predicted molar refractivity (Wildman–Crippen MR) is 106 cm³/mol. The van der Waals surface area contributed by atoms with E-state index in [9.17, 15) is 0 Å². The molecular formula is C20H19N5OS. The van der Waals surface area contributed by atoms with Crippen molar-refractivity contribution in [1.82, 2.24) is 19.6 Å². The molecule has 5 rings (SSSR count). The van der Waals surface area contributed by atoms with Gasteiger partial charge in [0.05, 0.1) is 11.6 Å². The molecule has 0 bridgehead atoms. The summed E-state index contributed by atoms with van der Waals surface area (Å²) in [5, 5.41) is 9.67. The molecule has 1 aliphatic carbocycles. The molecule has 0 spiro atoms. The number of benzene rings is 1. The third-order valence-corrected chi connectivity index (χ3v) is 6.11. The molecule has 27 heavy (non-hydrogen) atoms. The van der Waals surface area contributed by atoms with Crippen LogP contribution in [-0.2, 0) is 24.3 Å². The Kier molecular flexibility index (Phi) is 4.09. The summed E-state index contributed by atoms with van der Waals surface area (Å²) in [6.45, 7) is 2.55. The highest BCUT2D eigenvalue weighted by Crippen LogP contribution is 2.38. The summed E-state index contributed by atoms with van der Waals surface area (Å²) in [7, 11) is 0. The first kappa shape index (κ1) is 16.4. The fraction of sp³-hybridized carbons (Fsp3) is 0.300. The smallest absolute Gasteiger partial charge is 0.192 e. The zero-order valence-corrected chi connectivity index (χ0v) is 15.8. The highest BCUT2D eigenvalue weighted by Gasteiger charge is 2.23. The Morgan fingerprint density at radius 2 is 2.22 bits per heavy atom. The van der Waals surface area contributed by atoms with Crippen molar-refractivity contribution in [2.45, 2.75) is 32.8 Å². The topological polar surface area (TPSA) is 64.7 Å². The second-order valence-electron chi connectivity index (χ2n) is 6.99. The van der Waals surface area contributed by atoms with E-state index in [0.717, 1.165) is 40.2 Å². The van der Waals surface area contributed by atoms with Crippen molar-refractivity contribution in [3.63, 3.8) is 0 Å². The zero-order chi connectivity index (χ0) is 18.2. The fourth-order valence-corrected chi connectivity index (χ4v) is 4.92. The average molecular weight is 377 g/mol. The molecule has 0 aliphatic heterocycles. The Balaban J connectivity index is 1.42. The van der Waals surface area contributed by atoms with Gasteiger partial charge < -0.3 is 4.84 Å². The Bertz CT molecular complexity index is 1130. The highest BCUT2D eigenvalue weighted by molar-refractivity contribution is 7.19. The number of thiophene rings is 1. The third kappa shape index (κ3) is 3.08. The van der Waals surface area contributed by atoms with E-state index in [-0.39, 0.29) is 6.61 Å². The van der Waals surface area contributed by atoms with Crippen molar-refractivity contribution in [3.05, 3.63) is 58.5 Å². The molecule has 0 fully saturated rings. The van der Waals surface area contributed by atoms with Crippen LogP contribution in [0.5, 0.6) is 0 Å². The summed E-state index contributed by atoms with van der Waals surface area (Å²) in [5.41, 5.74) is 3.27. The fourth-order valence-electron chi connectivity index (χ4n) is 3.58. The summed E-state index contributed by atoms with van der Waals surface area (Å²) in [4.78, 5) is 17.2. The van der Waals surface area contributed by atoms with Crippen molar-refractivity contribution >= 4 is 33.4 Å². The molecule has 4 aromatic rings. The van der Waals surface area contributed by atoms with Gasteiger partial charge in [0.15, 0.2) is 18.1 Å². The van der Waals surface area contributed by atoms with Crippen LogP contribution >= 0.6 is 11.3 Å². The van der Waals surface area contributed by atoms with Gasteiger partial charge in [-0.15, -0.1) is 16.4 Å². The van der Waals surface area contributed by atoms with Crippen molar-refractivity contribution in [3.8, 4) is 0 Å². The van der Waals surface area contributed by atoms with Crippen LogP contribution in [0.25, 0.3) is 15.9 Å². The van der Waals surface area contributed by atoms with Gasteiger partial charge in [0.2, 0.25) is 0 Å². The van der Waals surface area contributed by atoms with Crippen LogP contribution in [0.15, 0.2) is 41.8 Å². The molecular weight excluding hydrogens is 358 g/mol. The van der Waals surface area contributed by atoms with E-state index in [1.54, 1.807) is 28.4 Å². The Hall–Kier alpha value is -2.80. The number of hydrogen-bond acceptors (Lipinski definition) is 6.